The van der Waals surface area contributed by atoms with Crippen molar-refractivity contribution < 1.29 is 17.9 Å². The van der Waals surface area contributed by atoms with Crippen LogP contribution in [0.4, 0.5) is 11.6 Å². The van der Waals surface area contributed by atoms with E-state index in [-0.39, 0.29) is 27.9 Å². The Labute approximate surface area is 306 Å². The maximum Gasteiger partial charge on any atom is 0.266 e. The van der Waals surface area contributed by atoms with Crippen LogP contribution < -0.4 is 13.9 Å². The average molecular weight is 739 g/mol. The van der Waals surface area contributed by atoms with Crippen LogP contribution >= 0.6 is 23.2 Å². The minimum absolute atomic E-state index is 0.0203. The minimum atomic E-state index is -4.23. The van der Waals surface area contributed by atoms with Gasteiger partial charge in [-0.1, -0.05) is 83.9 Å². The van der Waals surface area contributed by atoms with Gasteiger partial charge in [0.2, 0.25) is 5.95 Å². The van der Waals surface area contributed by atoms with Crippen LogP contribution in [0.3, 0.4) is 0 Å². The molecule has 51 heavy (non-hydrogen) atoms. The van der Waals surface area contributed by atoms with Gasteiger partial charge in [-0.25, -0.2) is 18.4 Å². The quantitative estimate of drug-likeness (QED) is 0.149. The van der Waals surface area contributed by atoms with Gasteiger partial charge in [0.15, 0.2) is 0 Å². The molecule has 0 N–H and O–H groups in total. The number of anilines is 2. The molecule has 0 atom stereocenters. The van der Waals surface area contributed by atoms with Gasteiger partial charge in [-0.2, -0.15) is 0 Å². The van der Waals surface area contributed by atoms with Gasteiger partial charge in [0.25, 0.3) is 15.9 Å². The first kappa shape index (κ1) is 34.3. The molecule has 6 aromatic rings. The summed E-state index contributed by atoms with van der Waals surface area (Å²) in [6.07, 6.45) is 0. The summed E-state index contributed by atoms with van der Waals surface area (Å²) >= 11 is 12.9. The molecule has 2 heterocycles. The fourth-order valence-electron chi connectivity index (χ4n) is 6.10. The number of sulfonamides is 1. The van der Waals surface area contributed by atoms with Gasteiger partial charge in [0.05, 0.1) is 35.6 Å². The van der Waals surface area contributed by atoms with E-state index >= 15 is 0 Å². The maximum atomic E-state index is 14.4. The number of hydrogen-bond donors (Lipinski definition) is 0. The molecule has 1 fully saturated rings. The average Bonchev–Trinajstić information content (AvgIpc) is 3.17. The van der Waals surface area contributed by atoms with Gasteiger partial charge in [0, 0.05) is 47.7 Å². The minimum Gasteiger partial charge on any atom is -0.497 e. The monoisotopic (exact) mass is 737 g/mol. The van der Waals surface area contributed by atoms with E-state index in [9.17, 15) is 13.2 Å². The van der Waals surface area contributed by atoms with Crippen LogP contribution in [0.15, 0.2) is 126 Å². The van der Waals surface area contributed by atoms with Crippen molar-refractivity contribution in [2.24, 2.45) is 0 Å². The van der Waals surface area contributed by atoms with E-state index in [0.717, 1.165) is 27.7 Å². The van der Waals surface area contributed by atoms with E-state index in [4.69, 9.17) is 37.9 Å². The Morgan fingerprint density at radius 2 is 1.49 bits per heavy atom. The number of hydrogen-bond acceptors (Lipinski definition) is 7. The van der Waals surface area contributed by atoms with Crippen LogP contribution in [0.2, 0.25) is 10.0 Å². The van der Waals surface area contributed by atoms with Crippen molar-refractivity contribution in [3.05, 3.63) is 142 Å². The Bertz CT molecular complexity index is 2300. The Balaban J connectivity index is 1.13. The third-order valence-corrected chi connectivity index (χ3v) is 11.3. The second-order valence-corrected chi connectivity index (χ2v) is 14.7. The van der Waals surface area contributed by atoms with Gasteiger partial charge >= 0.3 is 0 Å². The van der Waals surface area contributed by atoms with Gasteiger partial charge in [-0.3, -0.25) is 9.10 Å². The van der Waals surface area contributed by atoms with E-state index in [1.165, 1.54) is 16.4 Å². The molecule has 1 aromatic heterocycles. The molecular formula is C39H33Cl2N5O4S. The van der Waals surface area contributed by atoms with Gasteiger partial charge < -0.3 is 14.5 Å². The summed E-state index contributed by atoms with van der Waals surface area (Å²) < 4.78 is 35.3. The largest absolute Gasteiger partial charge is 0.497 e. The molecule has 0 aliphatic carbocycles. The number of fused-ring (bicyclic) bond motifs is 1. The Kier molecular flexibility index (Phi) is 9.82. The molecule has 258 valence electrons. The van der Waals surface area contributed by atoms with Crippen molar-refractivity contribution in [2.45, 2.75) is 11.4 Å². The highest BCUT2D eigenvalue weighted by molar-refractivity contribution is 7.93. The predicted octanol–water partition coefficient (Wildman–Crippen LogP) is 7.97. The predicted molar refractivity (Wildman–Crippen MR) is 202 cm³/mol. The molecule has 1 aliphatic rings. The first-order chi connectivity index (χ1) is 24.7. The smallest absolute Gasteiger partial charge is 0.266 e. The maximum absolute atomic E-state index is 14.4. The van der Waals surface area contributed by atoms with Crippen LogP contribution in [-0.4, -0.2) is 62.5 Å². The van der Waals surface area contributed by atoms with Crippen LogP contribution in [-0.2, 0) is 16.6 Å². The number of ether oxygens (including phenoxy) is 1. The number of piperazine rings is 1. The van der Waals surface area contributed by atoms with Crippen molar-refractivity contribution in [3.63, 3.8) is 0 Å². The molecule has 12 heteroatoms. The van der Waals surface area contributed by atoms with E-state index in [2.05, 4.69) is 4.90 Å². The normalized spacial score (nSPS) is 13.3. The van der Waals surface area contributed by atoms with Crippen molar-refractivity contribution in [1.29, 1.82) is 0 Å². The lowest BCUT2D eigenvalue weighted by Gasteiger charge is -2.35. The van der Waals surface area contributed by atoms with Gasteiger partial charge in [0.1, 0.15) is 10.6 Å². The van der Waals surface area contributed by atoms with E-state index < -0.39 is 10.0 Å². The number of halogens is 2. The number of nitrogens with zero attached hydrogens (tertiary/aromatic N) is 5. The molecule has 1 aliphatic heterocycles. The molecular weight excluding hydrogens is 705 g/mol. The number of amides is 1. The highest BCUT2D eigenvalue weighted by atomic mass is 35.5. The first-order valence-corrected chi connectivity index (χ1v) is 18.5. The Morgan fingerprint density at radius 1 is 0.804 bits per heavy atom. The zero-order valence-corrected chi connectivity index (χ0v) is 29.9. The molecule has 0 unspecified atom stereocenters. The summed E-state index contributed by atoms with van der Waals surface area (Å²) in [5, 5.41) is 1.48. The molecule has 9 nitrogen and oxygen atoms in total. The highest BCUT2D eigenvalue weighted by Gasteiger charge is 2.30. The summed E-state index contributed by atoms with van der Waals surface area (Å²) in [5.74, 6) is 0.865. The van der Waals surface area contributed by atoms with Crippen molar-refractivity contribution in [3.8, 4) is 17.0 Å². The molecule has 5 aromatic carbocycles. The van der Waals surface area contributed by atoms with Crippen LogP contribution in [0.5, 0.6) is 5.75 Å². The third-order valence-electron chi connectivity index (χ3n) is 8.82. The summed E-state index contributed by atoms with van der Waals surface area (Å²) in [6, 6.07) is 35.9. The van der Waals surface area contributed by atoms with Crippen LogP contribution in [0.25, 0.3) is 22.2 Å². The van der Waals surface area contributed by atoms with Crippen molar-refractivity contribution in [1.82, 2.24) is 14.9 Å². The first-order valence-electron chi connectivity index (χ1n) is 16.3. The standard InChI is InChI=1S/C39H33Cl2N5O4S/c1-50-32-16-14-31(15-17-32)46(26-27-8-4-2-5-9-27)51(48,49)36-24-29(12-18-34(36)41)38(47)44-20-22-45(23-21-44)39-42-35-19-13-30(40)25-33(35)37(43-39)28-10-6-3-7-11-28/h2-19,24-25H,20-23,26H2,1H3. The lowest BCUT2D eigenvalue weighted by molar-refractivity contribution is 0.0746. The number of rotatable bonds is 9. The number of aromatic nitrogens is 2. The number of methoxy groups -OCH3 is 1. The SMILES string of the molecule is COc1ccc(N(Cc2ccccc2)S(=O)(=O)c2cc(C(=O)N3CCN(c4nc(-c5ccccc5)c5cc(Cl)ccc5n4)CC3)ccc2Cl)cc1. The Hall–Kier alpha value is -5.16. The van der Waals surface area contributed by atoms with Gasteiger partial charge in [-0.05, 0) is 66.2 Å². The molecule has 1 amide bonds. The molecule has 0 radical (unpaired) electrons. The van der Waals surface area contributed by atoms with E-state index in [1.807, 2.05) is 78.9 Å². The van der Waals surface area contributed by atoms with E-state index in [1.54, 1.807) is 42.3 Å². The lowest BCUT2D eigenvalue weighted by Crippen LogP contribution is -2.49. The molecule has 7 rings (SSSR count). The second-order valence-electron chi connectivity index (χ2n) is 12.0. The Morgan fingerprint density at radius 3 is 2.18 bits per heavy atom. The molecule has 1 saturated heterocycles. The summed E-state index contributed by atoms with van der Waals surface area (Å²) in [4.78, 5) is 27.3. The van der Waals surface area contributed by atoms with Crippen molar-refractivity contribution >= 4 is 61.7 Å². The fourth-order valence-corrected chi connectivity index (χ4v) is 8.23. The number of benzene rings is 5. The topological polar surface area (TPSA) is 95.9 Å². The van der Waals surface area contributed by atoms with Crippen LogP contribution in [0, 0.1) is 0 Å². The second kappa shape index (κ2) is 14.6. The molecule has 0 bridgehead atoms. The van der Waals surface area contributed by atoms with Crippen molar-refractivity contribution in [2.75, 3.05) is 42.5 Å². The lowest BCUT2D eigenvalue weighted by atomic mass is 10.1. The van der Waals surface area contributed by atoms with E-state index in [0.29, 0.717) is 48.6 Å². The zero-order chi connectivity index (χ0) is 35.5. The molecule has 0 spiro atoms. The summed E-state index contributed by atoms with van der Waals surface area (Å²) in [5.41, 5.74) is 3.94. The molecule has 0 saturated carbocycles. The summed E-state index contributed by atoms with van der Waals surface area (Å²) in [7, 11) is -2.68. The summed E-state index contributed by atoms with van der Waals surface area (Å²) in [6.45, 7) is 1.80. The van der Waals surface area contributed by atoms with Gasteiger partial charge in [-0.15, -0.1) is 0 Å². The third kappa shape index (κ3) is 7.21. The number of carbonyl (C=O) groups excluding carboxylic acids is 1. The number of carbonyl (C=O) groups is 1. The zero-order valence-electron chi connectivity index (χ0n) is 27.6. The highest BCUT2D eigenvalue weighted by Crippen LogP contribution is 2.33. The van der Waals surface area contributed by atoms with Crippen LogP contribution in [0.1, 0.15) is 15.9 Å². The fraction of sp³-hybridized carbons (Fsp3) is 0.154.